The summed E-state index contributed by atoms with van der Waals surface area (Å²) in [5.74, 6) is 2.28. The third-order valence-corrected chi connectivity index (χ3v) is 6.42. The van der Waals surface area contributed by atoms with E-state index in [1.165, 1.54) is 16.7 Å². The molecule has 2 aromatic rings. The SMILES string of the molecule is COCCNC(=S)N1CCC2C[C@@H]1c1cc(-c3ccc4c(c3)OCO4)ccc12. The fourth-order valence-corrected chi connectivity index (χ4v) is 4.96. The standard InChI is InChI=1S/C22H24N2O3S/c1-25-9-7-23-22(28)24-8-6-16-11-19(24)18-10-14(2-4-17(16)18)15-3-5-20-21(12-15)27-13-26-20/h2-5,10,12,16,19H,6-9,11,13H2,1H3,(H,23,28)/t16?,19-/m1/s1. The van der Waals surface area contributed by atoms with E-state index in [2.05, 4.69) is 40.5 Å². The van der Waals surface area contributed by atoms with Crippen LogP contribution in [0.5, 0.6) is 11.5 Å². The Morgan fingerprint density at radius 3 is 2.86 bits per heavy atom. The van der Waals surface area contributed by atoms with Crippen molar-refractivity contribution in [2.75, 3.05) is 33.6 Å². The number of benzene rings is 2. The lowest BCUT2D eigenvalue weighted by molar-refractivity contribution is 0.174. The molecule has 0 saturated carbocycles. The van der Waals surface area contributed by atoms with Crippen LogP contribution >= 0.6 is 12.2 Å². The van der Waals surface area contributed by atoms with Gasteiger partial charge in [0, 0.05) is 20.2 Å². The van der Waals surface area contributed by atoms with Crippen LogP contribution in [0, 0.1) is 0 Å². The van der Waals surface area contributed by atoms with Crippen LogP contribution < -0.4 is 14.8 Å². The molecule has 1 saturated heterocycles. The van der Waals surface area contributed by atoms with Crippen LogP contribution in [0.3, 0.4) is 0 Å². The van der Waals surface area contributed by atoms with Crippen LogP contribution in [0.4, 0.5) is 0 Å². The quantitative estimate of drug-likeness (QED) is 0.626. The minimum Gasteiger partial charge on any atom is -0.454 e. The monoisotopic (exact) mass is 396 g/mol. The molecule has 3 aliphatic rings. The van der Waals surface area contributed by atoms with Crippen molar-refractivity contribution in [3.8, 4) is 22.6 Å². The molecule has 0 amide bonds. The van der Waals surface area contributed by atoms with Gasteiger partial charge >= 0.3 is 0 Å². The number of thiocarbonyl (C=S) groups is 1. The number of nitrogens with zero attached hydrogens (tertiary/aromatic N) is 1. The number of nitrogens with one attached hydrogen (secondary N) is 1. The highest BCUT2D eigenvalue weighted by Gasteiger charge is 2.39. The van der Waals surface area contributed by atoms with Crippen molar-refractivity contribution in [3.05, 3.63) is 47.5 Å². The van der Waals surface area contributed by atoms with Gasteiger partial charge in [-0.15, -0.1) is 0 Å². The Morgan fingerprint density at radius 1 is 1.14 bits per heavy atom. The summed E-state index contributed by atoms with van der Waals surface area (Å²) in [6, 6.07) is 13.4. The second-order valence-corrected chi connectivity index (χ2v) is 7.95. The van der Waals surface area contributed by atoms with Crippen LogP contribution in [0.15, 0.2) is 36.4 Å². The van der Waals surface area contributed by atoms with E-state index in [1.54, 1.807) is 7.11 Å². The molecule has 146 valence electrons. The van der Waals surface area contributed by atoms with E-state index in [4.69, 9.17) is 26.4 Å². The topological polar surface area (TPSA) is 43.0 Å². The van der Waals surface area contributed by atoms with Crippen LogP contribution in [-0.4, -0.2) is 43.6 Å². The summed E-state index contributed by atoms with van der Waals surface area (Å²) < 4.78 is 16.1. The number of piperidine rings is 1. The third-order valence-electron chi connectivity index (χ3n) is 6.04. The second kappa shape index (κ2) is 7.26. The van der Waals surface area contributed by atoms with E-state index < -0.39 is 0 Å². The molecule has 2 atom stereocenters. The smallest absolute Gasteiger partial charge is 0.231 e. The molecule has 0 aromatic heterocycles. The lowest BCUT2D eigenvalue weighted by atomic mass is 9.95. The zero-order chi connectivity index (χ0) is 19.1. The van der Waals surface area contributed by atoms with Crippen molar-refractivity contribution in [1.29, 1.82) is 0 Å². The lowest BCUT2D eigenvalue weighted by Gasteiger charge is -2.36. The maximum atomic E-state index is 5.69. The molecule has 2 heterocycles. The summed E-state index contributed by atoms with van der Waals surface area (Å²) in [4.78, 5) is 2.36. The van der Waals surface area contributed by atoms with Gasteiger partial charge in [-0.2, -0.15) is 0 Å². The molecule has 5 nitrogen and oxygen atoms in total. The van der Waals surface area contributed by atoms with E-state index in [-0.39, 0.29) is 0 Å². The highest BCUT2D eigenvalue weighted by Crippen LogP contribution is 2.50. The van der Waals surface area contributed by atoms with Crippen molar-refractivity contribution in [2.45, 2.75) is 24.8 Å². The van der Waals surface area contributed by atoms with Crippen molar-refractivity contribution in [2.24, 2.45) is 0 Å². The van der Waals surface area contributed by atoms with Gasteiger partial charge in [0.1, 0.15) is 0 Å². The van der Waals surface area contributed by atoms with E-state index >= 15 is 0 Å². The lowest BCUT2D eigenvalue weighted by Crippen LogP contribution is -2.44. The molecule has 2 aromatic carbocycles. The van der Waals surface area contributed by atoms with E-state index in [1.807, 2.05) is 6.07 Å². The molecule has 5 rings (SSSR count). The number of likely N-dealkylation sites (tertiary alicyclic amines) is 1. The number of rotatable bonds is 4. The molecule has 1 fully saturated rings. The number of hydrogen-bond acceptors (Lipinski definition) is 4. The van der Waals surface area contributed by atoms with Gasteiger partial charge in [-0.1, -0.05) is 18.2 Å². The van der Waals surface area contributed by atoms with Gasteiger partial charge in [-0.3, -0.25) is 0 Å². The van der Waals surface area contributed by atoms with E-state index in [9.17, 15) is 0 Å². The minimum atomic E-state index is 0.301. The van der Waals surface area contributed by atoms with Crippen molar-refractivity contribution >= 4 is 17.3 Å². The first kappa shape index (κ1) is 17.8. The maximum Gasteiger partial charge on any atom is 0.231 e. The summed E-state index contributed by atoms with van der Waals surface area (Å²) >= 11 is 5.69. The molecule has 0 radical (unpaired) electrons. The number of methoxy groups -OCH3 is 1. The molecule has 6 heteroatoms. The van der Waals surface area contributed by atoms with Gasteiger partial charge in [0.05, 0.1) is 12.6 Å². The Labute approximate surface area is 170 Å². The molecule has 28 heavy (non-hydrogen) atoms. The Balaban J connectivity index is 1.43. The molecule has 2 aliphatic heterocycles. The Hall–Kier alpha value is -2.31. The average Bonchev–Trinajstić information content (AvgIpc) is 3.30. The highest BCUT2D eigenvalue weighted by atomic mass is 32.1. The third kappa shape index (κ3) is 3.01. The normalized spacial score (nSPS) is 21.5. The van der Waals surface area contributed by atoms with Crippen molar-refractivity contribution < 1.29 is 14.2 Å². The van der Waals surface area contributed by atoms with Crippen molar-refractivity contribution in [1.82, 2.24) is 10.2 Å². The summed E-state index contributed by atoms with van der Waals surface area (Å²) in [7, 11) is 1.71. The first-order valence-corrected chi connectivity index (χ1v) is 10.2. The van der Waals surface area contributed by atoms with Crippen LogP contribution in [-0.2, 0) is 4.74 Å². The van der Waals surface area contributed by atoms with Gasteiger partial charge in [0.15, 0.2) is 16.6 Å². The second-order valence-electron chi connectivity index (χ2n) is 7.57. The molecule has 1 unspecified atom stereocenters. The van der Waals surface area contributed by atoms with E-state index in [0.29, 0.717) is 25.4 Å². The molecular weight excluding hydrogens is 372 g/mol. The molecule has 1 aliphatic carbocycles. The van der Waals surface area contributed by atoms with Gasteiger partial charge in [-0.05, 0) is 71.4 Å². The van der Waals surface area contributed by atoms with Gasteiger partial charge in [-0.25, -0.2) is 0 Å². The van der Waals surface area contributed by atoms with Crippen molar-refractivity contribution in [3.63, 3.8) is 0 Å². The molecule has 1 N–H and O–H groups in total. The Morgan fingerprint density at radius 2 is 1.96 bits per heavy atom. The largest absolute Gasteiger partial charge is 0.454 e. The zero-order valence-electron chi connectivity index (χ0n) is 15.9. The van der Waals surface area contributed by atoms with Gasteiger partial charge < -0.3 is 24.4 Å². The summed E-state index contributed by atoms with van der Waals surface area (Å²) in [6.45, 7) is 2.70. The first-order valence-electron chi connectivity index (χ1n) is 9.82. The number of hydrogen-bond donors (Lipinski definition) is 1. The predicted molar refractivity (Wildman–Crippen MR) is 112 cm³/mol. The fraction of sp³-hybridized carbons (Fsp3) is 0.409. The number of ether oxygens (including phenoxy) is 3. The van der Waals surface area contributed by atoms with Crippen LogP contribution in [0.25, 0.3) is 11.1 Å². The van der Waals surface area contributed by atoms with Crippen LogP contribution in [0.1, 0.15) is 35.9 Å². The number of fused-ring (bicyclic) bond motifs is 6. The fourth-order valence-electron chi connectivity index (χ4n) is 4.64. The maximum absolute atomic E-state index is 5.69. The molecule has 0 spiro atoms. The van der Waals surface area contributed by atoms with Gasteiger partial charge in [0.25, 0.3) is 0 Å². The molecular formula is C22H24N2O3S. The predicted octanol–water partition coefficient (Wildman–Crippen LogP) is 3.84. The first-order chi connectivity index (χ1) is 13.7. The van der Waals surface area contributed by atoms with Crippen LogP contribution in [0.2, 0.25) is 0 Å². The average molecular weight is 397 g/mol. The highest BCUT2D eigenvalue weighted by molar-refractivity contribution is 7.80. The summed E-state index contributed by atoms with van der Waals surface area (Å²) in [6.07, 6.45) is 2.30. The zero-order valence-corrected chi connectivity index (χ0v) is 16.8. The minimum absolute atomic E-state index is 0.301. The summed E-state index contributed by atoms with van der Waals surface area (Å²) in [5, 5.41) is 4.18. The van der Waals surface area contributed by atoms with Gasteiger partial charge in [0.2, 0.25) is 6.79 Å². The Bertz CT molecular complexity index is 917. The summed E-state index contributed by atoms with van der Waals surface area (Å²) in [5.41, 5.74) is 5.26. The van der Waals surface area contributed by atoms with E-state index in [0.717, 1.165) is 48.1 Å². The molecule has 2 bridgehead atoms. The Kier molecular flexibility index (Phi) is 4.61.